The number of carbonyl (C=O) groups is 1. The first-order chi connectivity index (χ1) is 10.4. The molecule has 2 heterocycles. The number of β-amino-alcohol motifs (C(OH)–C–C–N with tert-alkyl or cyclic N) is 1. The summed E-state index contributed by atoms with van der Waals surface area (Å²) in [6.45, 7) is 0.461. The molecular formula is C13H15NO7S. The number of carboxylic acids is 1. The third-order valence-corrected chi connectivity index (χ3v) is 5.51. The van der Waals surface area contributed by atoms with E-state index in [1.165, 1.54) is 18.2 Å². The van der Waals surface area contributed by atoms with Gasteiger partial charge in [0.15, 0.2) is 11.5 Å². The second kappa shape index (κ2) is 5.41. The molecule has 0 radical (unpaired) electrons. The highest BCUT2D eigenvalue weighted by atomic mass is 32.2. The van der Waals surface area contributed by atoms with Crippen molar-refractivity contribution < 1.29 is 32.9 Å². The van der Waals surface area contributed by atoms with E-state index in [1.54, 1.807) is 0 Å². The lowest BCUT2D eigenvalue weighted by atomic mass is 10.2. The first-order valence-electron chi connectivity index (χ1n) is 6.72. The predicted octanol–water partition coefficient (Wildman–Crippen LogP) is -0.334. The Bertz CT molecular complexity index is 702. The van der Waals surface area contributed by atoms with Crippen LogP contribution in [-0.4, -0.2) is 60.8 Å². The van der Waals surface area contributed by atoms with E-state index in [9.17, 15) is 18.3 Å². The molecule has 1 aromatic carbocycles. The molecule has 120 valence electrons. The van der Waals surface area contributed by atoms with Crippen molar-refractivity contribution in [3.8, 4) is 11.5 Å². The van der Waals surface area contributed by atoms with Gasteiger partial charge >= 0.3 is 5.97 Å². The Balaban J connectivity index is 1.97. The fourth-order valence-corrected chi connectivity index (χ4v) is 4.24. The summed E-state index contributed by atoms with van der Waals surface area (Å²) in [5.74, 6) is -0.530. The highest BCUT2D eigenvalue weighted by Crippen LogP contribution is 2.34. The van der Waals surface area contributed by atoms with Gasteiger partial charge in [-0.3, -0.25) is 4.79 Å². The highest BCUT2D eigenvalue weighted by molar-refractivity contribution is 7.89. The van der Waals surface area contributed by atoms with Crippen LogP contribution in [0.15, 0.2) is 23.1 Å². The summed E-state index contributed by atoms with van der Waals surface area (Å²) in [5.41, 5.74) is 0. The summed E-state index contributed by atoms with van der Waals surface area (Å²) in [6.07, 6.45) is -1.12. The fraction of sp³-hybridized carbons (Fsp3) is 0.462. The number of hydrogen-bond donors (Lipinski definition) is 2. The molecule has 8 nitrogen and oxygen atoms in total. The third kappa shape index (κ3) is 2.51. The zero-order valence-corrected chi connectivity index (χ0v) is 12.3. The van der Waals surface area contributed by atoms with E-state index < -0.39 is 28.1 Å². The Labute approximate surface area is 126 Å². The van der Waals surface area contributed by atoms with Gasteiger partial charge in [0.25, 0.3) is 0 Å². The van der Waals surface area contributed by atoms with Crippen LogP contribution in [0.2, 0.25) is 0 Å². The van der Waals surface area contributed by atoms with Gasteiger partial charge < -0.3 is 19.7 Å². The van der Waals surface area contributed by atoms with Gasteiger partial charge in [0.05, 0.1) is 11.0 Å². The summed E-state index contributed by atoms with van der Waals surface area (Å²) >= 11 is 0. The molecule has 2 aliphatic rings. The van der Waals surface area contributed by atoms with Crippen molar-refractivity contribution >= 4 is 16.0 Å². The van der Waals surface area contributed by atoms with Gasteiger partial charge in [0, 0.05) is 19.0 Å². The Morgan fingerprint density at radius 3 is 2.59 bits per heavy atom. The molecule has 22 heavy (non-hydrogen) atoms. The molecule has 1 aromatic rings. The van der Waals surface area contributed by atoms with E-state index in [-0.39, 0.29) is 17.9 Å². The number of rotatable bonds is 3. The normalized spacial score (nSPS) is 25.1. The number of benzene rings is 1. The summed E-state index contributed by atoms with van der Waals surface area (Å²) in [4.78, 5) is 11.1. The molecule has 0 spiro atoms. The molecule has 1 fully saturated rings. The van der Waals surface area contributed by atoms with Crippen LogP contribution in [0.4, 0.5) is 0 Å². The summed E-state index contributed by atoms with van der Waals surface area (Å²) in [5, 5.41) is 18.7. The average molecular weight is 329 g/mol. The first-order valence-corrected chi connectivity index (χ1v) is 8.16. The van der Waals surface area contributed by atoms with Gasteiger partial charge in [0.1, 0.15) is 19.3 Å². The quantitative estimate of drug-likeness (QED) is 0.780. The smallest absolute Gasteiger partial charge is 0.322 e. The van der Waals surface area contributed by atoms with E-state index in [0.717, 1.165) is 4.31 Å². The minimum atomic E-state index is -4.04. The number of aliphatic carboxylic acids is 1. The van der Waals surface area contributed by atoms with Gasteiger partial charge in [-0.25, -0.2) is 8.42 Å². The number of aliphatic hydroxyl groups excluding tert-OH is 1. The molecule has 1 saturated heterocycles. The Morgan fingerprint density at radius 1 is 1.23 bits per heavy atom. The molecule has 3 rings (SSSR count). The summed E-state index contributed by atoms with van der Waals surface area (Å²) in [7, 11) is -4.04. The molecule has 0 aromatic heterocycles. The Morgan fingerprint density at radius 2 is 1.91 bits per heavy atom. The van der Waals surface area contributed by atoms with Crippen LogP contribution >= 0.6 is 0 Å². The number of fused-ring (bicyclic) bond motifs is 1. The van der Waals surface area contributed by atoms with E-state index in [2.05, 4.69) is 0 Å². The first kappa shape index (κ1) is 15.1. The lowest BCUT2D eigenvalue weighted by Crippen LogP contribution is -2.40. The standard InChI is InChI=1S/C13H15NO7S/c15-8-5-10(13(16)17)14(7-8)22(18,19)9-1-2-11-12(6-9)21-4-3-20-11/h1-2,6,8,10,15H,3-5,7H2,(H,16,17)/t8-,10+/m1/s1. The van der Waals surface area contributed by atoms with Crippen molar-refractivity contribution in [3.63, 3.8) is 0 Å². The molecular weight excluding hydrogens is 314 g/mol. The maximum absolute atomic E-state index is 12.6. The number of ether oxygens (including phenoxy) is 2. The molecule has 9 heteroatoms. The number of sulfonamides is 1. The number of hydrogen-bond acceptors (Lipinski definition) is 6. The van der Waals surface area contributed by atoms with Crippen LogP contribution in [-0.2, 0) is 14.8 Å². The van der Waals surface area contributed by atoms with Crippen LogP contribution in [0, 0.1) is 0 Å². The van der Waals surface area contributed by atoms with E-state index in [4.69, 9.17) is 14.6 Å². The van der Waals surface area contributed by atoms with Crippen LogP contribution in [0.25, 0.3) is 0 Å². The van der Waals surface area contributed by atoms with Crippen LogP contribution in [0.3, 0.4) is 0 Å². The van der Waals surface area contributed by atoms with E-state index >= 15 is 0 Å². The van der Waals surface area contributed by atoms with Gasteiger partial charge in [-0.15, -0.1) is 0 Å². The number of nitrogens with zero attached hydrogens (tertiary/aromatic N) is 1. The molecule has 0 unspecified atom stereocenters. The number of aliphatic hydroxyl groups is 1. The minimum Gasteiger partial charge on any atom is -0.486 e. The molecule has 2 N–H and O–H groups in total. The fourth-order valence-electron chi connectivity index (χ4n) is 2.59. The van der Waals surface area contributed by atoms with Crippen molar-refractivity contribution in [2.24, 2.45) is 0 Å². The lowest BCUT2D eigenvalue weighted by molar-refractivity contribution is -0.140. The monoisotopic (exact) mass is 329 g/mol. The maximum Gasteiger partial charge on any atom is 0.322 e. The Kier molecular flexibility index (Phi) is 3.71. The topological polar surface area (TPSA) is 113 Å². The van der Waals surface area contributed by atoms with Crippen LogP contribution in [0.5, 0.6) is 11.5 Å². The van der Waals surface area contributed by atoms with Crippen molar-refractivity contribution in [3.05, 3.63) is 18.2 Å². The second-order valence-electron chi connectivity index (χ2n) is 5.12. The van der Waals surface area contributed by atoms with Crippen molar-refractivity contribution in [1.29, 1.82) is 0 Å². The third-order valence-electron chi connectivity index (χ3n) is 3.64. The Hall–Kier alpha value is -1.84. The largest absolute Gasteiger partial charge is 0.486 e. The van der Waals surface area contributed by atoms with Gasteiger partial charge in [-0.2, -0.15) is 4.31 Å². The van der Waals surface area contributed by atoms with E-state index in [0.29, 0.717) is 24.7 Å². The van der Waals surface area contributed by atoms with Crippen molar-refractivity contribution in [2.75, 3.05) is 19.8 Å². The minimum absolute atomic E-state index is 0.0860. The predicted molar refractivity (Wildman–Crippen MR) is 73.4 cm³/mol. The number of carboxylic acid groups (broad SMARTS) is 1. The molecule has 0 amide bonds. The zero-order valence-electron chi connectivity index (χ0n) is 11.5. The van der Waals surface area contributed by atoms with Crippen LogP contribution in [0.1, 0.15) is 6.42 Å². The lowest BCUT2D eigenvalue weighted by Gasteiger charge is -2.23. The van der Waals surface area contributed by atoms with Crippen molar-refractivity contribution in [1.82, 2.24) is 4.31 Å². The maximum atomic E-state index is 12.6. The SMILES string of the molecule is O=C(O)[C@@H]1C[C@@H](O)CN1S(=O)(=O)c1ccc2c(c1)OCCO2. The molecule has 0 bridgehead atoms. The zero-order chi connectivity index (χ0) is 15.9. The highest BCUT2D eigenvalue weighted by Gasteiger charge is 2.43. The van der Waals surface area contributed by atoms with Crippen LogP contribution < -0.4 is 9.47 Å². The molecule has 2 aliphatic heterocycles. The van der Waals surface area contributed by atoms with E-state index in [1.807, 2.05) is 0 Å². The molecule has 0 aliphatic carbocycles. The second-order valence-corrected chi connectivity index (χ2v) is 7.01. The summed E-state index contributed by atoms with van der Waals surface area (Å²) in [6, 6.07) is 2.86. The molecule has 2 atom stereocenters. The van der Waals surface area contributed by atoms with Crippen molar-refractivity contribution in [2.45, 2.75) is 23.5 Å². The average Bonchev–Trinajstić information content (AvgIpc) is 2.90. The van der Waals surface area contributed by atoms with Gasteiger partial charge in [-0.05, 0) is 12.1 Å². The van der Waals surface area contributed by atoms with Gasteiger partial charge in [-0.1, -0.05) is 0 Å². The van der Waals surface area contributed by atoms with Gasteiger partial charge in [0.2, 0.25) is 10.0 Å². The summed E-state index contributed by atoms with van der Waals surface area (Å²) < 4.78 is 36.8. The molecule has 0 saturated carbocycles.